The van der Waals surface area contributed by atoms with Crippen molar-refractivity contribution in [2.45, 2.75) is 5.54 Å². The minimum atomic E-state index is -1.96. The van der Waals surface area contributed by atoms with E-state index in [1.807, 2.05) is 0 Å². The first-order valence-electron chi connectivity index (χ1n) is 3.80. The molecule has 16 heavy (non-hydrogen) atoms. The summed E-state index contributed by atoms with van der Waals surface area (Å²) in [5.41, 5.74) is -1.96. The number of nitriles is 3. The zero-order chi connectivity index (χ0) is 12.4. The summed E-state index contributed by atoms with van der Waals surface area (Å²) in [4.78, 5) is 9.96. The van der Waals surface area contributed by atoms with E-state index in [9.17, 15) is 10.1 Å². The second-order valence-corrected chi connectivity index (χ2v) is 2.62. The van der Waals surface area contributed by atoms with Crippen LogP contribution in [0.1, 0.15) is 0 Å². The Morgan fingerprint density at radius 3 is 1.50 bits per heavy atom. The molecule has 0 radical (unpaired) electrons. The summed E-state index contributed by atoms with van der Waals surface area (Å²) >= 11 is 0. The Kier molecular flexibility index (Phi) is 5.54. The Morgan fingerprint density at radius 2 is 1.31 bits per heavy atom. The van der Waals surface area contributed by atoms with Crippen molar-refractivity contribution in [1.29, 1.82) is 15.8 Å². The molecule has 0 unspecified atom stereocenters. The number of hydrogen-bond donors (Lipinski definition) is 0. The lowest BCUT2D eigenvalue weighted by atomic mass is 10.1. The molecule has 84 valence electrons. The highest BCUT2D eigenvalue weighted by atomic mass is 16.6. The molecule has 0 aromatic rings. The van der Waals surface area contributed by atoms with Crippen LogP contribution in [-0.2, 0) is 14.2 Å². The van der Waals surface area contributed by atoms with Gasteiger partial charge in [0.2, 0.25) is 0 Å². The van der Waals surface area contributed by atoms with Crippen molar-refractivity contribution >= 4 is 0 Å². The highest BCUT2D eigenvalue weighted by Crippen LogP contribution is 2.12. The molecule has 0 aromatic carbocycles. The summed E-state index contributed by atoms with van der Waals surface area (Å²) in [5, 5.41) is 35.2. The minimum Gasteiger partial charge on any atom is -0.420 e. The fourth-order valence-electron chi connectivity index (χ4n) is 0.783. The first-order chi connectivity index (χ1) is 7.63. The third kappa shape index (κ3) is 3.56. The second-order valence-electron chi connectivity index (χ2n) is 2.62. The van der Waals surface area contributed by atoms with Gasteiger partial charge in [-0.15, -0.1) is 0 Å². The van der Waals surface area contributed by atoms with Crippen molar-refractivity contribution < 1.29 is 19.1 Å². The van der Waals surface area contributed by atoms with Gasteiger partial charge in [0.15, 0.2) is 19.8 Å². The van der Waals surface area contributed by atoms with Gasteiger partial charge in [-0.05, 0) is 0 Å². The molecule has 9 nitrogen and oxygen atoms in total. The zero-order valence-corrected chi connectivity index (χ0v) is 7.95. The lowest BCUT2D eigenvalue weighted by Gasteiger charge is -2.20. The highest BCUT2D eigenvalue weighted by Gasteiger charge is 2.47. The van der Waals surface area contributed by atoms with Gasteiger partial charge in [-0.1, -0.05) is 0 Å². The van der Waals surface area contributed by atoms with Crippen LogP contribution in [0.3, 0.4) is 0 Å². The molecule has 0 aliphatic rings. The predicted molar refractivity (Wildman–Crippen MR) is 44.4 cm³/mol. The van der Waals surface area contributed by atoms with Crippen molar-refractivity contribution in [3.8, 4) is 18.8 Å². The third-order valence-electron chi connectivity index (χ3n) is 1.60. The van der Waals surface area contributed by atoms with Crippen LogP contribution in [0.15, 0.2) is 0 Å². The molecule has 0 amide bonds. The third-order valence-corrected chi connectivity index (χ3v) is 1.60. The van der Waals surface area contributed by atoms with Crippen LogP contribution in [0.25, 0.3) is 0 Å². The quantitative estimate of drug-likeness (QED) is 0.321. The van der Waals surface area contributed by atoms with Crippen molar-refractivity contribution in [2.24, 2.45) is 0 Å². The SMILES string of the molecule is N#COCC(COC#N)(COC#N)[N+](=O)[O-]. The molecule has 0 heterocycles. The lowest BCUT2D eigenvalue weighted by Crippen LogP contribution is -2.50. The van der Waals surface area contributed by atoms with E-state index in [1.54, 1.807) is 0 Å². The first kappa shape index (κ1) is 13.3. The molecule has 0 N–H and O–H groups in total. The summed E-state index contributed by atoms with van der Waals surface area (Å²) in [6.45, 7) is -1.96. The summed E-state index contributed by atoms with van der Waals surface area (Å²) < 4.78 is 12.7. The molecular formula is C7H6N4O5. The van der Waals surface area contributed by atoms with Crippen LogP contribution in [-0.4, -0.2) is 30.3 Å². The molecule has 0 saturated heterocycles. The fourth-order valence-corrected chi connectivity index (χ4v) is 0.783. The molecule has 0 saturated carbocycles. The zero-order valence-electron chi connectivity index (χ0n) is 7.95. The summed E-state index contributed by atoms with van der Waals surface area (Å²) in [7, 11) is 0. The first-order valence-corrected chi connectivity index (χ1v) is 3.80. The molecule has 0 aromatic heterocycles. The topological polar surface area (TPSA) is 142 Å². The summed E-state index contributed by atoms with van der Waals surface area (Å²) in [6, 6.07) is 0. The molecule has 9 heteroatoms. The maximum atomic E-state index is 10.8. The molecule has 0 atom stereocenters. The maximum Gasteiger partial charge on any atom is 0.324 e. The van der Waals surface area contributed by atoms with E-state index in [0.29, 0.717) is 0 Å². The Bertz CT molecular complexity index is 317. The molecule has 0 aliphatic heterocycles. The van der Waals surface area contributed by atoms with Gasteiger partial charge in [-0.2, -0.15) is 15.8 Å². The predicted octanol–water partition coefficient (Wildman–Crippen LogP) is -0.505. The standard InChI is InChI=1S/C7H6N4O5/c8-4-14-1-7(11(12)13,2-15-5-9)3-16-6-10/h1-3H2. The molecule has 0 aliphatic carbocycles. The van der Waals surface area contributed by atoms with E-state index in [-0.39, 0.29) is 0 Å². The molecule has 0 rings (SSSR count). The van der Waals surface area contributed by atoms with Crippen molar-refractivity contribution in [3.63, 3.8) is 0 Å². The Labute approximate surface area is 90.1 Å². The average Bonchev–Trinajstić information content (AvgIpc) is 2.28. The number of nitrogens with zero attached hydrogens (tertiary/aromatic N) is 4. The van der Waals surface area contributed by atoms with Crippen molar-refractivity contribution in [3.05, 3.63) is 10.1 Å². The van der Waals surface area contributed by atoms with E-state index in [2.05, 4.69) is 14.2 Å². The van der Waals surface area contributed by atoms with Gasteiger partial charge >= 0.3 is 5.54 Å². The lowest BCUT2D eigenvalue weighted by molar-refractivity contribution is -0.579. The fraction of sp³-hybridized carbons (Fsp3) is 0.571. The number of hydrogen-bond acceptors (Lipinski definition) is 8. The van der Waals surface area contributed by atoms with E-state index >= 15 is 0 Å². The minimum absolute atomic E-state index is 0.653. The van der Waals surface area contributed by atoms with Gasteiger partial charge in [0, 0.05) is 4.92 Å². The van der Waals surface area contributed by atoms with Gasteiger partial charge in [0.25, 0.3) is 18.8 Å². The van der Waals surface area contributed by atoms with Crippen LogP contribution in [0, 0.1) is 44.7 Å². The largest absolute Gasteiger partial charge is 0.420 e. The molecule has 0 bridgehead atoms. The van der Waals surface area contributed by atoms with Crippen LogP contribution in [0.4, 0.5) is 0 Å². The van der Waals surface area contributed by atoms with Gasteiger partial charge in [0.1, 0.15) is 0 Å². The second kappa shape index (κ2) is 6.68. The number of nitro groups is 1. The van der Waals surface area contributed by atoms with Crippen LogP contribution < -0.4 is 0 Å². The number of ether oxygens (including phenoxy) is 3. The maximum absolute atomic E-state index is 10.8. The van der Waals surface area contributed by atoms with Crippen molar-refractivity contribution in [1.82, 2.24) is 0 Å². The Morgan fingerprint density at radius 1 is 1.00 bits per heavy atom. The van der Waals surface area contributed by atoms with E-state index in [0.717, 1.165) is 0 Å². The molecular weight excluding hydrogens is 220 g/mol. The van der Waals surface area contributed by atoms with Crippen LogP contribution in [0.5, 0.6) is 0 Å². The van der Waals surface area contributed by atoms with E-state index in [4.69, 9.17) is 15.8 Å². The molecule has 0 spiro atoms. The van der Waals surface area contributed by atoms with Crippen LogP contribution >= 0.6 is 0 Å². The van der Waals surface area contributed by atoms with E-state index in [1.165, 1.54) is 18.8 Å². The normalized spacial score (nSPS) is 9.06. The van der Waals surface area contributed by atoms with Crippen LogP contribution in [0.2, 0.25) is 0 Å². The Hall–Kier alpha value is -2.73. The van der Waals surface area contributed by atoms with Gasteiger partial charge < -0.3 is 14.2 Å². The number of rotatable bonds is 7. The van der Waals surface area contributed by atoms with Gasteiger partial charge in [-0.25, -0.2) is 0 Å². The smallest absolute Gasteiger partial charge is 0.324 e. The highest BCUT2D eigenvalue weighted by molar-refractivity contribution is 4.82. The molecule has 0 fully saturated rings. The monoisotopic (exact) mass is 226 g/mol. The van der Waals surface area contributed by atoms with Gasteiger partial charge in [-0.3, -0.25) is 10.1 Å². The summed E-state index contributed by atoms with van der Waals surface area (Å²) in [5.74, 6) is 0. The van der Waals surface area contributed by atoms with Crippen molar-refractivity contribution in [2.75, 3.05) is 19.8 Å². The average molecular weight is 226 g/mol. The van der Waals surface area contributed by atoms with Gasteiger partial charge in [0.05, 0.1) is 0 Å². The Balaban J connectivity index is 4.77. The van der Waals surface area contributed by atoms with E-state index < -0.39 is 30.3 Å². The summed E-state index contributed by atoms with van der Waals surface area (Å²) in [6.07, 6.45) is 3.75.